The molecule has 12 heavy (non-hydrogen) atoms. The second-order valence-corrected chi connectivity index (χ2v) is 2.85. The normalized spacial score (nSPS) is 14.0. The molecule has 0 fully saturated rings. The van der Waals surface area contributed by atoms with Crippen molar-refractivity contribution in [3.05, 3.63) is 12.2 Å². The van der Waals surface area contributed by atoms with E-state index >= 15 is 0 Å². The topological polar surface area (TPSA) is 89.3 Å². The van der Waals surface area contributed by atoms with Crippen molar-refractivity contribution in [3.8, 4) is 0 Å². The second-order valence-electron chi connectivity index (χ2n) is 2.85. The van der Waals surface area contributed by atoms with E-state index in [-0.39, 0.29) is 12.1 Å². The molecule has 1 atom stereocenters. The van der Waals surface area contributed by atoms with Crippen molar-refractivity contribution >= 4 is 5.97 Å². The molecule has 0 aromatic heterocycles. The second kappa shape index (κ2) is 5.74. The van der Waals surface area contributed by atoms with E-state index in [0.29, 0.717) is 12.8 Å². The van der Waals surface area contributed by atoms with Crippen LogP contribution in [0.4, 0.5) is 0 Å². The van der Waals surface area contributed by atoms with Crippen LogP contribution in [0.1, 0.15) is 19.8 Å². The molecule has 4 nitrogen and oxygen atoms in total. The Bertz CT molecular complexity index is 166. The Labute approximate surface area is 72.2 Å². The fourth-order valence-corrected chi connectivity index (χ4v) is 0.655. The summed E-state index contributed by atoms with van der Waals surface area (Å²) in [5.74, 6) is -1.12. The number of allylic oxidation sites excluding steroid dienone is 1. The van der Waals surface area contributed by atoms with Crippen LogP contribution in [-0.4, -0.2) is 17.2 Å². The lowest BCUT2D eigenvalue weighted by atomic mass is 10.1. The molecule has 0 bridgehead atoms. The SMILES string of the molecule is CC(CC=CCC(N)N)C(=O)O. The van der Waals surface area contributed by atoms with Crippen molar-refractivity contribution in [1.82, 2.24) is 0 Å². The van der Waals surface area contributed by atoms with Crippen LogP contribution in [0.25, 0.3) is 0 Å². The summed E-state index contributed by atoms with van der Waals surface area (Å²) in [4.78, 5) is 10.3. The molecule has 5 N–H and O–H groups in total. The van der Waals surface area contributed by atoms with Gasteiger partial charge in [-0.25, -0.2) is 0 Å². The molecular formula is C8H16N2O2. The summed E-state index contributed by atoms with van der Waals surface area (Å²) in [7, 11) is 0. The van der Waals surface area contributed by atoms with Gasteiger partial charge in [-0.2, -0.15) is 0 Å². The molecule has 0 spiro atoms. The van der Waals surface area contributed by atoms with Crippen LogP contribution < -0.4 is 11.5 Å². The summed E-state index contributed by atoms with van der Waals surface area (Å²) < 4.78 is 0. The van der Waals surface area contributed by atoms with Crippen molar-refractivity contribution in [2.75, 3.05) is 0 Å². The molecule has 0 aliphatic heterocycles. The molecule has 0 heterocycles. The van der Waals surface area contributed by atoms with Gasteiger partial charge in [0.15, 0.2) is 0 Å². The van der Waals surface area contributed by atoms with Gasteiger partial charge in [0.1, 0.15) is 0 Å². The fraction of sp³-hybridized carbons (Fsp3) is 0.625. The Hall–Kier alpha value is -0.870. The number of rotatable bonds is 5. The summed E-state index contributed by atoms with van der Waals surface area (Å²) >= 11 is 0. The summed E-state index contributed by atoms with van der Waals surface area (Å²) in [5, 5.41) is 8.51. The lowest BCUT2D eigenvalue weighted by molar-refractivity contribution is -0.140. The highest BCUT2D eigenvalue weighted by Crippen LogP contribution is 2.02. The molecule has 4 heteroatoms. The Morgan fingerprint density at radius 1 is 1.42 bits per heavy atom. The zero-order valence-corrected chi connectivity index (χ0v) is 7.23. The molecule has 70 valence electrons. The van der Waals surface area contributed by atoms with Gasteiger partial charge in [-0.05, 0) is 12.8 Å². The first-order valence-corrected chi connectivity index (χ1v) is 3.93. The molecule has 0 aliphatic carbocycles. The van der Waals surface area contributed by atoms with E-state index in [4.69, 9.17) is 16.6 Å². The van der Waals surface area contributed by atoms with Crippen molar-refractivity contribution in [2.45, 2.75) is 25.9 Å². The van der Waals surface area contributed by atoms with E-state index in [0.717, 1.165) is 0 Å². The van der Waals surface area contributed by atoms with Gasteiger partial charge in [-0.3, -0.25) is 4.79 Å². The molecule has 0 amide bonds. The van der Waals surface area contributed by atoms with Crippen LogP contribution in [0, 0.1) is 5.92 Å². The Kier molecular flexibility index (Phi) is 5.32. The highest BCUT2D eigenvalue weighted by atomic mass is 16.4. The van der Waals surface area contributed by atoms with E-state index in [1.165, 1.54) is 0 Å². The van der Waals surface area contributed by atoms with E-state index in [1.54, 1.807) is 13.0 Å². The number of aliphatic carboxylic acids is 1. The highest BCUT2D eigenvalue weighted by Gasteiger charge is 2.07. The fourth-order valence-electron chi connectivity index (χ4n) is 0.655. The van der Waals surface area contributed by atoms with Crippen LogP contribution in [0.5, 0.6) is 0 Å². The minimum Gasteiger partial charge on any atom is -0.481 e. The van der Waals surface area contributed by atoms with Crippen molar-refractivity contribution < 1.29 is 9.90 Å². The maximum absolute atomic E-state index is 10.3. The zero-order chi connectivity index (χ0) is 9.56. The van der Waals surface area contributed by atoms with Crippen LogP contribution in [0.15, 0.2) is 12.2 Å². The summed E-state index contributed by atoms with van der Waals surface area (Å²) in [5.41, 5.74) is 10.6. The first-order chi connectivity index (χ1) is 5.54. The van der Waals surface area contributed by atoms with Gasteiger partial charge in [-0.15, -0.1) is 0 Å². The Morgan fingerprint density at radius 3 is 2.33 bits per heavy atom. The lowest BCUT2D eigenvalue weighted by Crippen LogP contribution is -2.29. The number of carboxylic acid groups (broad SMARTS) is 1. The van der Waals surface area contributed by atoms with E-state index in [1.807, 2.05) is 6.08 Å². The molecular weight excluding hydrogens is 156 g/mol. The monoisotopic (exact) mass is 172 g/mol. The summed E-state index contributed by atoms with van der Waals surface area (Å²) in [6, 6.07) is 0. The average Bonchev–Trinajstić information content (AvgIpc) is 1.97. The van der Waals surface area contributed by atoms with Crippen LogP contribution in [-0.2, 0) is 4.79 Å². The molecule has 0 rings (SSSR count). The van der Waals surface area contributed by atoms with Gasteiger partial charge in [-0.1, -0.05) is 19.1 Å². The number of hydrogen-bond acceptors (Lipinski definition) is 3. The number of nitrogens with two attached hydrogens (primary N) is 2. The van der Waals surface area contributed by atoms with E-state index in [9.17, 15) is 4.79 Å². The standard InChI is InChI=1S/C8H16N2O2/c1-6(8(11)12)4-2-3-5-7(9)10/h2-3,6-7H,4-5,9-10H2,1H3,(H,11,12). The summed E-state index contributed by atoms with van der Waals surface area (Å²) in [6.45, 7) is 1.66. The first kappa shape index (κ1) is 11.1. The first-order valence-electron chi connectivity index (χ1n) is 3.93. The molecule has 0 aliphatic rings. The Balaban J connectivity index is 3.53. The minimum absolute atomic E-state index is 0.338. The molecule has 0 aromatic carbocycles. The largest absolute Gasteiger partial charge is 0.481 e. The number of carboxylic acids is 1. The molecule has 0 aromatic rings. The van der Waals surface area contributed by atoms with Crippen LogP contribution in [0.2, 0.25) is 0 Å². The maximum Gasteiger partial charge on any atom is 0.306 e. The third-order valence-corrected chi connectivity index (χ3v) is 1.49. The summed E-state index contributed by atoms with van der Waals surface area (Å²) in [6.07, 6.45) is 4.38. The van der Waals surface area contributed by atoms with Crippen LogP contribution in [0.3, 0.4) is 0 Å². The average molecular weight is 172 g/mol. The molecule has 0 radical (unpaired) electrons. The van der Waals surface area contributed by atoms with Crippen molar-refractivity contribution in [2.24, 2.45) is 17.4 Å². The van der Waals surface area contributed by atoms with Crippen molar-refractivity contribution in [3.63, 3.8) is 0 Å². The molecule has 0 saturated carbocycles. The smallest absolute Gasteiger partial charge is 0.306 e. The van der Waals surface area contributed by atoms with Gasteiger partial charge in [0.2, 0.25) is 0 Å². The van der Waals surface area contributed by atoms with E-state index in [2.05, 4.69) is 0 Å². The van der Waals surface area contributed by atoms with Gasteiger partial charge >= 0.3 is 5.97 Å². The van der Waals surface area contributed by atoms with Crippen LogP contribution >= 0.6 is 0 Å². The number of hydrogen-bond donors (Lipinski definition) is 3. The van der Waals surface area contributed by atoms with E-state index < -0.39 is 5.97 Å². The van der Waals surface area contributed by atoms with Gasteiger partial charge in [0, 0.05) is 0 Å². The highest BCUT2D eigenvalue weighted by molar-refractivity contribution is 5.69. The minimum atomic E-state index is -0.781. The third kappa shape index (κ3) is 5.88. The zero-order valence-electron chi connectivity index (χ0n) is 7.23. The third-order valence-electron chi connectivity index (χ3n) is 1.49. The maximum atomic E-state index is 10.3. The molecule has 0 saturated heterocycles. The number of carbonyl (C=O) groups is 1. The Morgan fingerprint density at radius 2 is 1.92 bits per heavy atom. The predicted octanol–water partition coefficient (Wildman–Crippen LogP) is 0.287. The quantitative estimate of drug-likeness (QED) is 0.410. The predicted molar refractivity (Wildman–Crippen MR) is 47.3 cm³/mol. The lowest BCUT2D eigenvalue weighted by Gasteiger charge is -2.01. The van der Waals surface area contributed by atoms with Gasteiger partial charge < -0.3 is 16.6 Å². The van der Waals surface area contributed by atoms with Gasteiger partial charge in [0.25, 0.3) is 0 Å². The van der Waals surface area contributed by atoms with Crippen molar-refractivity contribution in [1.29, 1.82) is 0 Å². The van der Waals surface area contributed by atoms with Gasteiger partial charge in [0.05, 0.1) is 12.1 Å². The molecule has 1 unspecified atom stereocenters.